The molecule has 0 spiro atoms. The zero-order chi connectivity index (χ0) is 29.6. The second-order valence-corrected chi connectivity index (χ2v) is 12.2. The second-order valence-electron chi connectivity index (χ2n) is 10.3. The fourth-order valence-corrected chi connectivity index (χ4v) is 6.38. The molecule has 0 aliphatic carbocycles. The lowest BCUT2D eigenvalue weighted by atomic mass is 10.0. The van der Waals surface area contributed by atoms with Crippen LogP contribution in [0.1, 0.15) is 34.0 Å². The number of nitrogens with zero attached hydrogens (tertiary/aromatic N) is 2. The molecule has 41 heavy (non-hydrogen) atoms. The van der Waals surface area contributed by atoms with E-state index in [1.807, 2.05) is 31.2 Å². The lowest BCUT2D eigenvalue weighted by Gasteiger charge is -2.29. The third-order valence-electron chi connectivity index (χ3n) is 7.15. The number of sulfonamides is 1. The van der Waals surface area contributed by atoms with Crippen LogP contribution in [0.15, 0.2) is 71.6 Å². The molecule has 1 fully saturated rings. The van der Waals surface area contributed by atoms with E-state index < -0.39 is 39.7 Å². The number of aryl methyl sites for hydroxylation is 1. The molecule has 1 amide bonds. The quantitative estimate of drug-likeness (QED) is 0.318. The zero-order valence-electron chi connectivity index (χ0n) is 23.0. The van der Waals surface area contributed by atoms with Gasteiger partial charge >= 0.3 is 0 Å². The van der Waals surface area contributed by atoms with Gasteiger partial charge in [-0.3, -0.25) is 4.79 Å². The number of nitrogens with two attached hydrogens (primary N) is 1. The first-order valence-electron chi connectivity index (χ1n) is 13.6. The van der Waals surface area contributed by atoms with Crippen LogP contribution >= 0.6 is 0 Å². The highest BCUT2D eigenvalue weighted by atomic mass is 32.2. The number of piperazine rings is 1. The molecule has 2 unspecified atom stereocenters. The monoisotopic (exact) mass is 586 g/mol. The Bertz CT molecular complexity index is 1440. The minimum absolute atomic E-state index is 0.0123. The standard InChI is InChI=1S/C30H36F2N4O4S/c1-2-21-5-3-6-22(13-21)19-35(20-29(37)28(33)16-23-14-25(31)18-26(32)15-23)30(38)24-7-4-8-27(17-24)41(39,40)36-11-9-34-10-12-36/h3-8,13-15,17-18,28-29,34,37H,2,9-12,16,19-20,33H2,1H3. The summed E-state index contributed by atoms with van der Waals surface area (Å²) in [4.78, 5) is 15.3. The highest BCUT2D eigenvalue weighted by Gasteiger charge is 2.28. The van der Waals surface area contributed by atoms with Crippen molar-refractivity contribution in [1.82, 2.24) is 14.5 Å². The summed E-state index contributed by atoms with van der Waals surface area (Å²) in [5.74, 6) is -1.97. The predicted octanol–water partition coefficient (Wildman–Crippen LogP) is 2.69. The highest BCUT2D eigenvalue weighted by Crippen LogP contribution is 2.21. The number of carbonyl (C=O) groups is 1. The molecule has 1 saturated heterocycles. The van der Waals surface area contributed by atoms with E-state index in [-0.39, 0.29) is 35.5 Å². The summed E-state index contributed by atoms with van der Waals surface area (Å²) in [6, 6.07) is 15.7. The van der Waals surface area contributed by atoms with Gasteiger partial charge in [-0.15, -0.1) is 0 Å². The minimum atomic E-state index is -3.80. The van der Waals surface area contributed by atoms with E-state index in [1.54, 1.807) is 0 Å². The summed E-state index contributed by atoms with van der Waals surface area (Å²) in [6.45, 7) is 3.73. The zero-order valence-corrected chi connectivity index (χ0v) is 23.8. The molecular weight excluding hydrogens is 550 g/mol. The van der Waals surface area contributed by atoms with Crippen LogP contribution < -0.4 is 11.1 Å². The van der Waals surface area contributed by atoms with Gasteiger partial charge in [0.1, 0.15) is 11.6 Å². The molecule has 0 aromatic heterocycles. The van der Waals surface area contributed by atoms with Gasteiger partial charge in [0, 0.05) is 56.9 Å². The molecule has 11 heteroatoms. The number of hydrogen-bond donors (Lipinski definition) is 3. The van der Waals surface area contributed by atoms with Gasteiger partial charge in [0.2, 0.25) is 10.0 Å². The molecule has 0 radical (unpaired) electrons. The molecule has 1 aliphatic rings. The van der Waals surface area contributed by atoms with E-state index >= 15 is 0 Å². The number of amides is 1. The van der Waals surface area contributed by atoms with Gasteiger partial charge in [0.15, 0.2) is 0 Å². The minimum Gasteiger partial charge on any atom is -0.390 e. The summed E-state index contributed by atoms with van der Waals surface area (Å²) in [5, 5.41) is 14.1. The summed E-state index contributed by atoms with van der Waals surface area (Å²) in [6.07, 6.45) is -0.445. The first kappa shape index (κ1) is 30.7. The van der Waals surface area contributed by atoms with Crippen molar-refractivity contribution >= 4 is 15.9 Å². The Hall–Kier alpha value is -3.22. The van der Waals surface area contributed by atoms with Crippen molar-refractivity contribution < 1.29 is 27.1 Å². The van der Waals surface area contributed by atoms with Crippen molar-refractivity contribution in [1.29, 1.82) is 0 Å². The third-order valence-corrected chi connectivity index (χ3v) is 9.05. The van der Waals surface area contributed by atoms with Crippen LogP contribution in [0, 0.1) is 11.6 Å². The summed E-state index contributed by atoms with van der Waals surface area (Å²) >= 11 is 0. The van der Waals surface area contributed by atoms with Crippen LogP contribution in [0.3, 0.4) is 0 Å². The smallest absolute Gasteiger partial charge is 0.254 e. The Balaban J connectivity index is 1.59. The SMILES string of the molecule is CCc1cccc(CN(CC(O)C(N)Cc2cc(F)cc(F)c2)C(=O)c2cccc(S(=O)(=O)N3CCNCC3)c2)c1. The van der Waals surface area contributed by atoms with E-state index in [2.05, 4.69) is 5.32 Å². The number of benzene rings is 3. The lowest BCUT2D eigenvalue weighted by Crippen LogP contribution is -2.46. The number of rotatable bonds is 11. The number of hydrogen-bond acceptors (Lipinski definition) is 6. The molecule has 3 aromatic carbocycles. The van der Waals surface area contributed by atoms with E-state index in [4.69, 9.17) is 5.73 Å². The van der Waals surface area contributed by atoms with E-state index in [0.717, 1.165) is 35.7 Å². The molecule has 220 valence electrons. The fraction of sp³-hybridized carbons (Fsp3) is 0.367. The van der Waals surface area contributed by atoms with Crippen LogP contribution in [0.5, 0.6) is 0 Å². The van der Waals surface area contributed by atoms with Crippen molar-refractivity contribution in [3.05, 3.63) is 101 Å². The molecule has 1 heterocycles. The Kier molecular flexibility index (Phi) is 10.2. The lowest BCUT2D eigenvalue weighted by molar-refractivity contribution is 0.0554. The van der Waals surface area contributed by atoms with Gasteiger partial charge in [-0.2, -0.15) is 4.31 Å². The van der Waals surface area contributed by atoms with Gasteiger partial charge in [0.25, 0.3) is 5.91 Å². The average molecular weight is 587 g/mol. The summed E-state index contributed by atoms with van der Waals surface area (Å²) < 4.78 is 55.2. The van der Waals surface area contributed by atoms with Gasteiger partial charge < -0.3 is 21.1 Å². The number of nitrogens with one attached hydrogen (secondary N) is 1. The molecule has 4 N–H and O–H groups in total. The Morgan fingerprint density at radius 2 is 1.66 bits per heavy atom. The normalized spacial score (nSPS) is 15.8. The maximum Gasteiger partial charge on any atom is 0.254 e. The van der Waals surface area contributed by atoms with Crippen molar-refractivity contribution in [2.45, 2.75) is 43.4 Å². The highest BCUT2D eigenvalue weighted by molar-refractivity contribution is 7.89. The number of aliphatic hydroxyl groups is 1. The maximum absolute atomic E-state index is 13.8. The van der Waals surface area contributed by atoms with Crippen LogP contribution in [-0.4, -0.2) is 73.5 Å². The molecule has 4 rings (SSSR count). The van der Waals surface area contributed by atoms with Gasteiger partial charge in [-0.1, -0.05) is 37.3 Å². The molecule has 2 atom stereocenters. The molecule has 0 saturated carbocycles. The van der Waals surface area contributed by atoms with Crippen LogP contribution in [0.4, 0.5) is 8.78 Å². The summed E-state index contributed by atoms with van der Waals surface area (Å²) in [5.41, 5.74) is 8.56. The van der Waals surface area contributed by atoms with Gasteiger partial charge in [-0.05, 0) is 59.9 Å². The van der Waals surface area contributed by atoms with E-state index in [1.165, 1.54) is 33.5 Å². The molecule has 8 nitrogen and oxygen atoms in total. The number of halogens is 2. The second kappa shape index (κ2) is 13.6. The fourth-order valence-electron chi connectivity index (χ4n) is 4.89. The van der Waals surface area contributed by atoms with Crippen LogP contribution in [0.2, 0.25) is 0 Å². The maximum atomic E-state index is 13.8. The van der Waals surface area contributed by atoms with Crippen molar-refractivity contribution in [3.63, 3.8) is 0 Å². The first-order valence-corrected chi connectivity index (χ1v) is 15.1. The van der Waals surface area contributed by atoms with Crippen molar-refractivity contribution in [3.8, 4) is 0 Å². The molecule has 1 aliphatic heterocycles. The van der Waals surface area contributed by atoms with Crippen molar-refractivity contribution in [2.75, 3.05) is 32.7 Å². The largest absolute Gasteiger partial charge is 0.390 e. The summed E-state index contributed by atoms with van der Waals surface area (Å²) in [7, 11) is -3.80. The number of carbonyl (C=O) groups excluding carboxylic acids is 1. The van der Waals surface area contributed by atoms with E-state index in [0.29, 0.717) is 26.2 Å². The Morgan fingerprint density at radius 1 is 1.00 bits per heavy atom. The third kappa shape index (κ3) is 7.96. The average Bonchev–Trinajstić information content (AvgIpc) is 2.96. The van der Waals surface area contributed by atoms with Crippen LogP contribution in [-0.2, 0) is 29.4 Å². The topological polar surface area (TPSA) is 116 Å². The molecule has 3 aromatic rings. The predicted molar refractivity (Wildman–Crippen MR) is 153 cm³/mol. The van der Waals surface area contributed by atoms with Gasteiger partial charge in [-0.25, -0.2) is 17.2 Å². The Morgan fingerprint density at radius 3 is 2.34 bits per heavy atom. The molecular formula is C30H36F2N4O4S. The van der Waals surface area contributed by atoms with E-state index in [9.17, 15) is 27.1 Å². The van der Waals surface area contributed by atoms with Crippen molar-refractivity contribution in [2.24, 2.45) is 5.73 Å². The first-order chi connectivity index (χ1) is 19.6. The molecule has 0 bridgehead atoms. The number of aliphatic hydroxyl groups excluding tert-OH is 1. The van der Waals surface area contributed by atoms with Crippen LogP contribution in [0.25, 0.3) is 0 Å². The van der Waals surface area contributed by atoms with Gasteiger partial charge in [0.05, 0.1) is 11.0 Å². The Labute approximate surface area is 239 Å².